The molecule has 0 bridgehead atoms. The molecule has 0 unspecified atom stereocenters. The predicted molar refractivity (Wildman–Crippen MR) is 63.1 cm³/mol. The molecule has 0 spiro atoms. The van der Waals surface area contributed by atoms with Gasteiger partial charge in [-0.2, -0.15) is 0 Å². The lowest BCUT2D eigenvalue weighted by Gasteiger charge is -2.04. The van der Waals surface area contributed by atoms with Crippen LogP contribution in [-0.2, 0) is 0 Å². The van der Waals surface area contributed by atoms with Crippen molar-refractivity contribution in [2.75, 3.05) is 0 Å². The van der Waals surface area contributed by atoms with Gasteiger partial charge in [0.15, 0.2) is 5.69 Å². The molecule has 0 aliphatic heterocycles. The lowest BCUT2D eigenvalue weighted by molar-refractivity contribution is 0.0995. The number of hydrogen-bond donors (Lipinski definition) is 1. The van der Waals surface area contributed by atoms with E-state index in [1.807, 2.05) is 0 Å². The molecule has 0 fully saturated rings. The van der Waals surface area contributed by atoms with Crippen molar-refractivity contribution in [1.29, 1.82) is 0 Å². The zero-order chi connectivity index (χ0) is 11.9. The van der Waals surface area contributed by atoms with Crippen molar-refractivity contribution in [3.63, 3.8) is 0 Å². The third-order valence-electron chi connectivity index (χ3n) is 1.96. The molecule has 7 heteroatoms. The molecule has 16 heavy (non-hydrogen) atoms. The van der Waals surface area contributed by atoms with Crippen molar-refractivity contribution in [2.45, 2.75) is 0 Å². The second-order valence-corrected chi connectivity index (χ2v) is 4.23. The second-order valence-electron chi connectivity index (χ2n) is 3.01. The fourth-order valence-corrected chi connectivity index (χ4v) is 2.07. The fourth-order valence-electron chi connectivity index (χ4n) is 1.26. The number of aromatic nitrogens is 2. The molecule has 1 aromatic carbocycles. The number of amides is 1. The molecule has 1 heterocycles. The average molecular weight is 277 g/mol. The number of nitrogens with two attached hydrogens (primary N) is 1. The van der Waals surface area contributed by atoms with E-state index in [9.17, 15) is 4.79 Å². The van der Waals surface area contributed by atoms with Gasteiger partial charge < -0.3 is 5.73 Å². The normalized spacial score (nSPS) is 10.7. The second kappa shape index (κ2) is 4.05. The van der Waals surface area contributed by atoms with Crippen molar-refractivity contribution in [3.8, 4) is 0 Å². The molecule has 0 aliphatic rings. The van der Waals surface area contributed by atoms with Gasteiger partial charge in [-0.1, -0.05) is 34.8 Å². The van der Waals surface area contributed by atoms with Gasteiger partial charge in [0.1, 0.15) is 5.52 Å². The molecule has 1 amide bonds. The molecular formula is C9H4Cl3N3O. The Hall–Kier alpha value is -1.10. The highest BCUT2D eigenvalue weighted by Crippen LogP contribution is 2.31. The van der Waals surface area contributed by atoms with Crippen LogP contribution in [0.2, 0.25) is 15.1 Å². The van der Waals surface area contributed by atoms with Gasteiger partial charge in [0.05, 0.1) is 10.0 Å². The number of primary amides is 1. The Balaban J connectivity index is 2.89. The quantitative estimate of drug-likeness (QED) is 0.870. The van der Waals surface area contributed by atoms with E-state index in [-0.39, 0.29) is 10.7 Å². The Labute approximate surface area is 105 Å². The summed E-state index contributed by atoms with van der Waals surface area (Å²) in [5.74, 6) is -0.754. The van der Waals surface area contributed by atoms with Crippen LogP contribution >= 0.6 is 34.8 Å². The number of halogens is 3. The summed E-state index contributed by atoms with van der Waals surface area (Å²) in [6.07, 6.45) is 0. The molecule has 0 radical (unpaired) electrons. The van der Waals surface area contributed by atoms with Gasteiger partial charge in [-0.3, -0.25) is 4.79 Å². The number of hydrogen-bond acceptors (Lipinski definition) is 3. The Morgan fingerprint density at radius 3 is 2.50 bits per heavy atom. The maximum atomic E-state index is 11.0. The Morgan fingerprint density at radius 2 is 1.88 bits per heavy atom. The van der Waals surface area contributed by atoms with E-state index in [2.05, 4.69) is 10.2 Å². The first-order valence-electron chi connectivity index (χ1n) is 4.11. The third kappa shape index (κ3) is 1.80. The highest BCUT2D eigenvalue weighted by Gasteiger charge is 2.15. The van der Waals surface area contributed by atoms with Gasteiger partial charge >= 0.3 is 0 Å². The lowest BCUT2D eigenvalue weighted by atomic mass is 10.2. The molecule has 4 nitrogen and oxygen atoms in total. The monoisotopic (exact) mass is 275 g/mol. The van der Waals surface area contributed by atoms with Crippen LogP contribution in [0.15, 0.2) is 12.1 Å². The van der Waals surface area contributed by atoms with E-state index in [4.69, 9.17) is 40.5 Å². The first-order valence-corrected chi connectivity index (χ1v) is 5.25. The summed E-state index contributed by atoms with van der Waals surface area (Å²) in [5.41, 5.74) is 5.36. The summed E-state index contributed by atoms with van der Waals surface area (Å²) in [6.45, 7) is 0. The van der Waals surface area contributed by atoms with Crippen molar-refractivity contribution < 1.29 is 4.79 Å². The van der Waals surface area contributed by atoms with E-state index in [0.717, 1.165) is 0 Å². The Kier molecular flexibility index (Phi) is 2.88. The van der Waals surface area contributed by atoms with Gasteiger partial charge in [0.25, 0.3) is 5.91 Å². The third-order valence-corrected chi connectivity index (χ3v) is 2.84. The van der Waals surface area contributed by atoms with Crippen LogP contribution in [0.3, 0.4) is 0 Å². The summed E-state index contributed by atoms with van der Waals surface area (Å²) in [7, 11) is 0. The number of carbonyl (C=O) groups excluding carboxylic acids is 1. The van der Waals surface area contributed by atoms with Gasteiger partial charge in [-0.05, 0) is 12.1 Å². The average Bonchev–Trinajstić information content (AvgIpc) is 2.19. The molecule has 0 saturated carbocycles. The van der Waals surface area contributed by atoms with Gasteiger partial charge in [0.2, 0.25) is 0 Å². The first-order chi connectivity index (χ1) is 7.50. The molecule has 82 valence electrons. The van der Waals surface area contributed by atoms with Crippen LogP contribution in [-0.4, -0.2) is 16.1 Å². The maximum absolute atomic E-state index is 11.0. The van der Waals surface area contributed by atoms with Crippen molar-refractivity contribution in [1.82, 2.24) is 10.2 Å². The number of carbonyl (C=O) groups is 1. The SMILES string of the molecule is NC(=O)c1nnc2c(Cl)cc(Cl)cc2c1Cl. The molecule has 2 aromatic rings. The van der Waals surface area contributed by atoms with Crippen LogP contribution in [0.1, 0.15) is 10.5 Å². The highest BCUT2D eigenvalue weighted by molar-refractivity contribution is 6.42. The highest BCUT2D eigenvalue weighted by atomic mass is 35.5. The minimum absolute atomic E-state index is 0.0990. The number of benzene rings is 1. The van der Waals surface area contributed by atoms with Crippen molar-refractivity contribution >= 4 is 51.6 Å². The molecule has 0 aliphatic carbocycles. The summed E-state index contributed by atoms with van der Waals surface area (Å²) >= 11 is 17.7. The van der Waals surface area contributed by atoms with E-state index in [0.29, 0.717) is 20.9 Å². The Morgan fingerprint density at radius 1 is 1.19 bits per heavy atom. The number of rotatable bonds is 1. The van der Waals surface area contributed by atoms with Crippen molar-refractivity contribution in [2.24, 2.45) is 5.73 Å². The molecular weight excluding hydrogens is 272 g/mol. The molecule has 0 saturated heterocycles. The predicted octanol–water partition coefficient (Wildman–Crippen LogP) is 2.69. The summed E-state index contributed by atoms with van der Waals surface area (Å²) in [4.78, 5) is 11.0. The van der Waals surface area contributed by atoms with Crippen LogP contribution < -0.4 is 5.73 Å². The summed E-state index contributed by atoms with van der Waals surface area (Å²) in [6, 6.07) is 3.06. The minimum atomic E-state index is -0.754. The number of fused-ring (bicyclic) bond motifs is 1. The van der Waals surface area contributed by atoms with Crippen molar-refractivity contribution in [3.05, 3.63) is 32.9 Å². The Bertz CT molecular complexity index is 600. The first kappa shape index (κ1) is 11.4. The van der Waals surface area contributed by atoms with Crippen LogP contribution in [0.25, 0.3) is 10.9 Å². The van der Waals surface area contributed by atoms with Crippen LogP contribution in [0, 0.1) is 0 Å². The van der Waals surface area contributed by atoms with E-state index in [1.54, 1.807) is 6.07 Å². The number of nitrogens with zero attached hydrogens (tertiary/aromatic N) is 2. The van der Waals surface area contributed by atoms with Gasteiger partial charge in [-0.25, -0.2) is 0 Å². The molecule has 0 atom stereocenters. The summed E-state index contributed by atoms with van der Waals surface area (Å²) < 4.78 is 0. The van der Waals surface area contributed by atoms with Crippen LogP contribution in [0.4, 0.5) is 0 Å². The molecule has 1 aromatic heterocycles. The molecule has 2 rings (SSSR count). The standard InChI is InChI=1S/C9H4Cl3N3O/c10-3-1-4-6(12)8(9(13)16)15-14-7(4)5(11)2-3/h1-2H,(H2,13,16). The van der Waals surface area contributed by atoms with Gasteiger partial charge in [-0.15, -0.1) is 10.2 Å². The van der Waals surface area contributed by atoms with Crippen LogP contribution in [0.5, 0.6) is 0 Å². The largest absolute Gasteiger partial charge is 0.364 e. The minimum Gasteiger partial charge on any atom is -0.364 e. The smallest absolute Gasteiger partial charge is 0.270 e. The van der Waals surface area contributed by atoms with E-state index >= 15 is 0 Å². The zero-order valence-electron chi connectivity index (χ0n) is 7.67. The lowest BCUT2D eigenvalue weighted by Crippen LogP contribution is -2.14. The molecule has 2 N–H and O–H groups in total. The zero-order valence-corrected chi connectivity index (χ0v) is 9.94. The van der Waals surface area contributed by atoms with E-state index < -0.39 is 5.91 Å². The van der Waals surface area contributed by atoms with E-state index in [1.165, 1.54) is 6.07 Å². The van der Waals surface area contributed by atoms with Gasteiger partial charge in [0, 0.05) is 10.4 Å². The maximum Gasteiger partial charge on any atom is 0.270 e. The fraction of sp³-hybridized carbons (Fsp3) is 0. The summed E-state index contributed by atoms with van der Waals surface area (Å²) in [5, 5.41) is 8.64. The topological polar surface area (TPSA) is 68.9 Å².